The summed E-state index contributed by atoms with van der Waals surface area (Å²) < 4.78 is 0. The van der Waals surface area contributed by atoms with Gasteiger partial charge in [-0.1, -0.05) is 30.4 Å². The molecule has 48 valence electrons. The van der Waals surface area contributed by atoms with Crippen LogP contribution in [0, 0.1) is 0 Å². The summed E-state index contributed by atoms with van der Waals surface area (Å²) in [5, 5.41) is 0. The molecule has 0 aromatic heterocycles. The lowest BCUT2D eigenvalue weighted by Gasteiger charge is -1.96. The topological polar surface area (TPSA) is 0 Å². The number of hydrogen-bond donors (Lipinski definition) is 0. The van der Waals surface area contributed by atoms with Gasteiger partial charge < -0.3 is 0 Å². The molecule has 0 unspecified atom stereocenters. The van der Waals surface area contributed by atoms with Gasteiger partial charge in [0.2, 0.25) is 0 Å². The maximum atomic E-state index is 5.03. The smallest absolute Gasteiger partial charge is 0.0152 e. The normalized spacial score (nSPS) is 22.9. The summed E-state index contributed by atoms with van der Waals surface area (Å²) in [6.45, 7) is 0. The molecule has 0 saturated carbocycles. The standard InChI is InChI=1S/C8H10S/c9-8-6-4-2-1-3-5-7-8/h1-2,4,6H,3,5,7H2/b2-1?,6-4-. The third-order valence-electron chi connectivity index (χ3n) is 1.32. The van der Waals surface area contributed by atoms with Crippen molar-refractivity contribution < 1.29 is 0 Å². The molecule has 0 nitrogen and oxygen atoms in total. The van der Waals surface area contributed by atoms with Crippen molar-refractivity contribution >= 4 is 17.1 Å². The molecule has 1 heteroatoms. The Bertz CT molecular complexity index is 154. The van der Waals surface area contributed by atoms with Gasteiger partial charge in [0.25, 0.3) is 0 Å². The summed E-state index contributed by atoms with van der Waals surface area (Å²) >= 11 is 5.03. The predicted octanol–water partition coefficient (Wildman–Crippen LogP) is 2.65. The quantitative estimate of drug-likeness (QED) is 0.464. The largest absolute Gasteiger partial charge is 0.0849 e. The highest BCUT2D eigenvalue weighted by Crippen LogP contribution is 2.03. The van der Waals surface area contributed by atoms with Crippen molar-refractivity contribution in [1.82, 2.24) is 0 Å². The van der Waals surface area contributed by atoms with Crippen molar-refractivity contribution in [2.75, 3.05) is 0 Å². The molecule has 0 aromatic carbocycles. The summed E-state index contributed by atoms with van der Waals surface area (Å²) in [6, 6.07) is 0. The van der Waals surface area contributed by atoms with E-state index in [1.807, 2.05) is 12.2 Å². The van der Waals surface area contributed by atoms with Crippen LogP contribution in [0.5, 0.6) is 0 Å². The SMILES string of the molecule is S=C1/C=C\C=CCCC1. The van der Waals surface area contributed by atoms with Gasteiger partial charge in [-0.25, -0.2) is 0 Å². The molecule has 1 rings (SSSR count). The molecule has 0 atom stereocenters. The molecular formula is C8H10S. The molecule has 0 bridgehead atoms. The third-order valence-corrected chi connectivity index (χ3v) is 1.66. The zero-order valence-electron chi connectivity index (χ0n) is 5.34. The predicted molar refractivity (Wildman–Crippen MR) is 44.7 cm³/mol. The van der Waals surface area contributed by atoms with Crippen molar-refractivity contribution in [3.8, 4) is 0 Å². The van der Waals surface area contributed by atoms with Crippen molar-refractivity contribution in [3.05, 3.63) is 24.3 Å². The van der Waals surface area contributed by atoms with Gasteiger partial charge in [-0.05, 0) is 25.3 Å². The highest BCUT2D eigenvalue weighted by atomic mass is 32.1. The van der Waals surface area contributed by atoms with E-state index in [1.54, 1.807) is 0 Å². The van der Waals surface area contributed by atoms with Crippen LogP contribution in [0.4, 0.5) is 0 Å². The summed E-state index contributed by atoms with van der Waals surface area (Å²) in [7, 11) is 0. The van der Waals surface area contributed by atoms with Gasteiger partial charge in [-0.2, -0.15) is 0 Å². The van der Waals surface area contributed by atoms with Crippen LogP contribution in [0.1, 0.15) is 19.3 Å². The molecular weight excluding hydrogens is 128 g/mol. The first-order chi connectivity index (χ1) is 4.39. The summed E-state index contributed by atoms with van der Waals surface area (Å²) in [5.74, 6) is 0. The zero-order chi connectivity index (χ0) is 6.53. The minimum absolute atomic E-state index is 1.08. The van der Waals surface area contributed by atoms with Crippen molar-refractivity contribution in [3.63, 3.8) is 0 Å². The molecule has 0 heterocycles. The van der Waals surface area contributed by atoms with Crippen LogP contribution in [0.25, 0.3) is 0 Å². The maximum Gasteiger partial charge on any atom is 0.0152 e. The van der Waals surface area contributed by atoms with E-state index in [0.29, 0.717) is 0 Å². The van der Waals surface area contributed by atoms with Gasteiger partial charge in [-0.15, -0.1) is 0 Å². The van der Waals surface area contributed by atoms with Gasteiger partial charge in [-0.3, -0.25) is 0 Å². The summed E-state index contributed by atoms with van der Waals surface area (Å²) in [5.41, 5.74) is 0. The minimum atomic E-state index is 1.08. The van der Waals surface area contributed by atoms with Crippen LogP contribution >= 0.6 is 12.2 Å². The Kier molecular flexibility index (Phi) is 2.65. The Hall–Kier alpha value is -0.430. The van der Waals surface area contributed by atoms with E-state index in [2.05, 4.69) is 12.2 Å². The Morgan fingerprint density at radius 3 is 3.11 bits per heavy atom. The molecule has 0 N–H and O–H groups in total. The molecule has 0 saturated heterocycles. The van der Waals surface area contributed by atoms with Crippen molar-refractivity contribution in [2.24, 2.45) is 0 Å². The van der Waals surface area contributed by atoms with E-state index in [-0.39, 0.29) is 0 Å². The number of hydrogen-bond acceptors (Lipinski definition) is 1. The van der Waals surface area contributed by atoms with E-state index in [1.165, 1.54) is 12.8 Å². The molecule has 1 aliphatic rings. The summed E-state index contributed by atoms with van der Waals surface area (Å²) in [6.07, 6.45) is 11.7. The fourth-order valence-corrected chi connectivity index (χ4v) is 1.04. The molecule has 0 fully saturated rings. The Morgan fingerprint density at radius 2 is 2.22 bits per heavy atom. The Labute approximate surface area is 61.3 Å². The van der Waals surface area contributed by atoms with E-state index in [9.17, 15) is 0 Å². The monoisotopic (exact) mass is 138 g/mol. The molecule has 9 heavy (non-hydrogen) atoms. The lowest BCUT2D eigenvalue weighted by molar-refractivity contribution is 0.900. The van der Waals surface area contributed by atoms with E-state index >= 15 is 0 Å². The van der Waals surface area contributed by atoms with Crippen molar-refractivity contribution in [2.45, 2.75) is 19.3 Å². The van der Waals surface area contributed by atoms with Gasteiger partial charge in [0.15, 0.2) is 0 Å². The zero-order valence-corrected chi connectivity index (χ0v) is 6.16. The van der Waals surface area contributed by atoms with Crippen LogP contribution in [0.15, 0.2) is 24.3 Å². The number of rotatable bonds is 0. The van der Waals surface area contributed by atoms with Gasteiger partial charge in [0, 0.05) is 4.86 Å². The van der Waals surface area contributed by atoms with Crippen LogP contribution in [-0.2, 0) is 0 Å². The number of thiocarbonyl (C=S) groups is 1. The second-order valence-electron chi connectivity index (χ2n) is 2.15. The van der Waals surface area contributed by atoms with E-state index in [4.69, 9.17) is 12.2 Å². The average Bonchev–Trinajstić information content (AvgIpc) is 1.79. The van der Waals surface area contributed by atoms with Gasteiger partial charge in [0.05, 0.1) is 0 Å². The maximum absolute atomic E-state index is 5.03. The summed E-state index contributed by atoms with van der Waals surface area (Å²) in [4.78, 5) is 1.08. The third kappa shape index (κ3) is 2.56. The van der Waals surface area contributed by atoms with E-state index in [0.717, 1.165) is 11.3 Å². The Balaban J connectivity index is 2.54. The molecule has 0 spiro atoms. The average molecular weight is 138 g/mol. The first-order valence-corrected chi connectivity index (χ1v) is 3.66. The highest BCUT2D eigenvalue weighted by molar-refractivity contribution is 7.80. The second-order valence-corrected chi connectivity index (χ2v) is 2.67. The molecule has 0 amide bonds. The second kappa shape index (κ2) is 3.57. The highest BCUT2D eigenvalue weighted by Gasteiger charge is 1.91. The van der Waals surface area contributed by atoms with Gasteiger partial charge in [0.1, 0.15) is 0 Å². The lowest BCUT2D eigenvalue weighted by atomic mass is 10.1. The Morgan fingerprint density at radius 1 is 1.33 bits per heavy atom. The minimum Gasteiger partial charge on any atom is -0.0849 e. The van der Waals surface area contributed by atoms with Crippen LogP contribution < -0.4 is 0 Å². The van der Waals surface area contributed by atoms with E-state index < -0.39 is 0 Å². The molecule has 0 radical (unpaired) electrons. The van der Waals surface area contributed by atoms with Crippen LogP contribution in [-0.4, -0.2) is 4.86 Å². The molecule has 0 aliphatic heterocycles. The van der Waals surface area contributed by atoms with Gasteiger partial charge >= 0.3 is 0 Å². The van der Waals surface area contributed by atoms with Crippen LogP contribution in [0.3, 0.4) is 0 Å². The van der Waals surface area contributed by atoms with Crippen molar-refractivity contribution in [1.29, 1.82) is 0 Å². The molecule has 0 aromatic rings. The first kappa shape index (κ1) is 6.69. The number of allylic oxidation sites excluding steroid dienone is 4. The van der Waals surface area contributed by atoms with Crippen LogP contribution in [0.2, 0.25) is 0 Å². The fraction of sp³-hybridized carbons (Fsp3) is 0.375. The first-order valence-electron chi connectivity index (χ1n) is 3.25. The lowest BCUT2D eigenvalue weighted by Crippen LogP contribution is -1.89. The fourth-order valence-electron chi connectivity index (χ4n) is 0.815. The molecule has 1 aliphatic carbocycles.